The van der Waals surface area contributed by atoms with Gasteiger partial charge in [-0.1, -0.05) is 24.3 Å². The summed E-state index contributed by atoms with van der Waals surface area (Å²) in [4.78, 5) is 0. The van der Waals surface area contributed by atoms with E-state index in [-0.39, 0.29) is 55.5 Å². The van der Waals surface area contributed by atoms with Crippen LogP contribution >= 0.6 is 0 Å². The Balaban J connectivity index is 1.55. The van der Waals surface area contributed by atoms with Crippen LogP contribution < -0.4 is 0 Å². The van der Waals surface area contributed by atoms with Crippen molar-refractivity contribution in [3.8, 4) is 39.5 Å². The third-order valence-electron chi connectivity index (χ3n) is 6.55. The molecular weight excluding hydrogens is 465 g/mol. The van der Waals surface area contributed by atoms with Crippen LogP contribution in [0.4, 0.5) is 13.2 Å². The molecule has 6 aromatic carbocycles. The Hall–Kier alpha value is -4.71. The van der Waals surface area contributed by atoms with E-state index >= 15 is 8.78 Å². The molecule has 0 aliphatic rings. The molecule has 0 heterocycles. The lowest BCUT2D eigenvalue weighted by Gasteiger charge is -2.13. The molecule has 0 spiro atoms. The molecule has 0 saturated heterocycles. The predicted molar refractivity (Wildman–Crippen MR) is 135 cm³/mol. The highest BCUT2D eigenvalue weighted by molar-refractivity contribution is 5.99. The summed E-state index contributed by atoms with van der Waals surface area (Å²) < 4.78 is 45.6. The summed E-state index contributed by atoms with van der Waals surface area (Å²) in [5, 5.41) is 31.9. The molecule has 0 fully saturated rings. The van der Waals surface area contributed by atoms with Crippen LogP contribution in [0.5, 0.6) is 17.2 Å². The Kier molecular flexibility index (Phi) is 4.79. The number of benzene rings is 6. The largest absolute Gasteiger partial charge is 0.508 e. The second kappa shape index (κ2) is 7.92. The summed E-state index contributed by atoms with van der Waals surface area (Å²) in [7, 11) is 0. The number of phenols is 3. The highest BCUT2D eigenvalue weighted by Crippen LogP contribution is 2.40. The van der Waals surface area contributed by atoms with Gasteiger partial charge in [-0.25, -0.2) is 13.2 Å². The molecule has 176 valence electrons. The minimum Gasteiger partial charge on any atom is -0.508 e. The molecule has 0 bridgehead atoms. The fourth-order valence-electron chi connectivity index (χ4n) is 4.72. The normalized spacial score (nSPS) is 11.5. The summed E-state index contributed by atoms with van der Waals surface area (Å²) in [6.45, 7) is 0. The average molecular weight is 482 g/mol. The molecule has 3 nitrogen and oxygen atoms in total. The standard InChI is InChI=1S/C30H17F3O3/c31-26-9-10-27(35)22-5-2-16(12-24(22)26)20-7-8-23-25(30(20)33)13-17(14-28(23)36)21-4-1-15-11-18(34)3-6-19(15)29(21)32/h1-14,34-36H. The molecule has 6 heteroatoms. The number of aromatic hydroxyl groups is 3. The Morgan fingerprint density at radius 2 is 1.08 bits per heavy atom. The first kappa shape index (κ1) is 21.8. The second-order valence-corrected chi connectivity index (χ2v) is 8.68. The average Bonchev–Trinajstić information content (AvgIpc) is 2.87. The number of rotatable bonds is 2. The van der Waals surface area contributed by atoms with E-state index in [1.807, 2.05) is 0 Å². The van der Waals surface area contributed by atoms with Gasteiger partial charge < -0.3 is 15.3 Å². The highest BCUT2D eigenvalue weighted by Gasteiger charge is 2.17. The molecule has 0 aliphatic carbocycles. The van der Waals surface area contributed by atoms with Crippen LogP contribution in [0.15, 0.2) is 84.9 Å². The van der Waals surface area contributed by atoms with Crippen LogP contribution in [-0.4, -0.2) is 15.3 Å². The van der Waals surface area contributed by atoms with Gasteiger partial charge in [-0.15, -0.1) is 0 Å². The van der Waals surface area contributed by atoms with Gasteiger partial charge >= 0.3 is 0 Å². The maximum absolute atomic E-state index is 15.8. The number of halogens is 3. The molecule has 0 amide bonds. The van der Waals surface area contributed by atoms with E-state index in [9.17, 15) is 19.7 Å². The predicted octanol–water partition coefficient (Wildman–Crippen LogP) is 8.01. The third-order valence-corrected chi connectivity index (χ3v) is 6.55. The number of fused-ring (bicyclic) bond motifs is 3. The fraction of sp³-hybridized carbons (Fsp3) is 0. The van der Waals surface area contributed by atoms with Crippen molar-refractivity contribution in [1.82, 2.24) is 0 Å². The van der Waals surface area contributed by atoms with E-state index in [0.29, 0.717) is 16.3 Å². The van der Waals surface area contributed by atoms with Gasteiger partial charge in [-0.2, -0.15) is 0 Å². The van der Waals surface area contributed by atoms with Crippen LogP contribution in [-0.2, 0) is 0 Å². The van der Waals surface area contributed by atoms with E-state index in [2.05, 4.69) is 0 Å². The first-order chi connectivity index (χ1) is 17.3. The Morgan fingerprint density at radius 3 is 1.92 bits per heavy atom. The lowest BCUT2D eigenvalue weighted by molar-refractivity contribution is 0.476. The lowest BCUT2D eigenvalue weighted by atomic mass is 9.94. The van der Waals surface area contributed by atoms with Gasteiger partial charge in [0.1, 0.15) is 34.7 Å². The Labute approximate surface area is 202 Å². The van der Waals surface area contributed by atoms with Crippen molar-refractivity contribution in [2.75, 3.05) is 0 Å². The van der Waals surface area contributed by atoms with Gasteiger partial charge in [-0.05, 0) is 77.2 Å². The molecule has 0 saturated carbocycles. The zero-order chi connectivity index (χ0) is 25.1. The third kappa shape index (κ3) is 3.30. The maximum Gasteiger partial charge on any atom is 0.139 e. The monoisotopic (exact) mass is 482 g/mol. The quantitative estimate of drug-likeness (QED) is 0.234. The summed E-state index contributed by atoms with van der Waals surface area (Å²) in [5.41, 5.74) is 0.989. The van der Waals surface area contributed by atoms with E-state index in [1.165, 1.54) is 60.7 Å². The molecule has 0 radical (unpaired) electrons. The van der Waals surface area contributed by atoms with Gasteiger partial charge in [0, 0.05) is 38.1 Å². The van der Waals surface area contributed by atoms with Gasteiger partial charge in [0.15, 0.2) is 0 Å². The molecule has 6 aromatic rings. The van der Waals surface area contributed by atoms with Gasteiger partial charge in [0.25, 0.3) is 0 Å². The number of hydrogen-bond acceptors (Lipinski definition) is 3. The van der Waals surface area contributed by atoms with Crippen LogP contribution in [0.3, 0.4) is 0 Å². The van der Waals surface area contributed by atoms with Crippen molar-refractivity contribution in [3.05, 3.63) is 102 Å². The molecule has 3 N–H and O–H groups in total. The Bertz CT molecular complexity index is 1860. The molecule has 6 rings (SSSR count). The van der Waals surface area contributed by atoms with E-state index < -0.39 is 17.5 Å². The van der Waals surface area contributed by atoms with Crippen molar-refractivity contribution in [2.45, 2.75) is 0 Å². The van der Waals surface area contributed by atoms with Crippen molar-refractivity contribution in [3.63, 3.8) is 0 Å². The molecular formula is C30H17F3O3. The molecule has 36 heavy (non-hydrogen) atoms. The minimum atomic E-state index is -0.657. The zero-order valence-corrected chi connectivity index (χ0v) is 18.6. The summed E-state index contributed by atoms with van der Waals surface area (Å²) in [5.74, 6) is -2.06. The summed E-state index contributed by atoms with van der Waals surface area (Å²) in [6.07, 6.45) is 0. The summed E-state index contributed by atoms with van der Waals surface area (Å²) in [6, 6.07) is 20.3. The van der Waals surface area contributed by atoms with Gasteiger partial charge in [-0.3, -0.25) is 0 Å². The summed E-state index contributed by atoms with van der Waals surface area (Å²) >= 11 is 0. The first-order valence-electron chi connectivity index (χ1n) is 11.1. The van der Waals surface area contributed by atoms with E-state index in [0.717, 1.165) is 6.07 Å². The second-order valence-electron chi connectivity index (χ2n) is 8.68. The van der Waals surface area contributed by atoms with Crippen LogP contribution in [0.1, 0.15) is 0 Å². The van der Waals surface area contributed by atoms with E-state index in [4.69, 9.17) is 0 Å². The molecule has 0 atom stereocenters. The SMILES string of the molecule is Oc1ccc2c(F)c(-c3cc(O)c4ccc(-c5ccc6c(O)ccc(F)c6c5)c(F)c4c3)ccc2c1. The smallest absolute Gasteiger partial charge is 0.139 e. The van der Waals surface area contributed by atoms with Gasteiger partial charge in [0.2, 0.25) is 0 Å². The van der Waals surface area contributed by atoms with Gasteiger partial charge in [0.05, 0.1) is 0 Å². The van der Waals surface area contributed by atoms with Crippen LogP contribution in [0.2, 0.25) is 0 Å². The zero-order valence-electron chi connectivity index (χ0n) is 18.6. The van der Waals surface area contributed by atoms with Crippen molar-refractivity contribution in [1.29, 1.82) is 0 Å². The lowest BCUT2D eigenvalue weighted by Crippen LogP contribution is -1.92. The van der Waals surface area contributed by atoms with E-state index in [1.54, 1.807) is 18.2 Å². The maximum atomic E-state index is 15.8. The van der Waals surface area contributed by atoms with Crippen LogP contribution in [0, 0.1) is 17.5 Å². The first-order valence-corrected chi connectivity index (χ1v) is 11.1. The van der Waals surface area contributed by atoms with Crippen molar-refractivity contribution >= 4 is 32.3 Å². The van der Waals surface area contributed by atoms with Crippen molar-refractivity contribution < 1.29 is 28.5 Å². The molecule has 0 unspecified atom stereocenters. The fourth-order valence-corrected chi connectivity index (χ4v) is 4.72. The highest BCUT2D eigenvalue weighted by atomic mass is 19.1. The molecule has 0 aliphatic heterocycles. The minimum absolute atomic E-state index is 0.0105. The van der Waals surface area contributed by atoms with Crippen LogP contribution in [0.25, 0.3) is 54.6 Å². The number of hydrogen-bond donors (Lipinski definition) is 3. The Morgan fingerprint density at radius 1 is 0.444 bits per heavy atom. The topological polar surface area (TPSA) is 60.7 Å². The number of phenolic OH excluding ortho intramolecular Hbond substituents is 3. The molecule has 0 aromatic heterocycles. The van der Waals surface area contributed by atoms with Crippen molar-refractivity contribution in [2.24, 2.45) is 0 Å².